The summed E-state index contributed by atoms with van der Waals surface area (Å²) in [6.07, 6.45) is 4.06. The van der Waals surface area contributed by atoms with Gasteiger partial charge >= 0.3 is 0 Å². The third-order valence-corrected chi connectivity index (χ3v) is 2.75. The second-order valence-electron chi connectivity index (χ2n) is 3.70. The minimum Gasteiger partial charge on any atom is -0.378 e. The maximum Gasteiger partial charge on any atom is 0.0635 e. The minimum atomic E-state index is 0.200. The summed E-state index contributed by atoms with van der Waals surface area (Å²) in [4.78, 5) is 2.73. The lowest BCUT2D eigenvalue weighted by molar-refractivity contribution is 0.111. The molecule has 0 amide bonds. The van der Waals surface area contributed by atoms with Crippen LogP contribution >= 0.6 is 0 Å². The standard InChI is InChI=1S/C8H13N3O/c9-11-10-4-8-3-7(5-12-8)6-1-2-6/h6-8H,1-5H2/t7-,8+/m0/s1. The van der Waals surface area contributed by atoms with Gasteiger partial charge in [0.15, 0.2) is 0 Å². The van der Waals surface area contributed by atoms with Gasteiger partial charge in [-0.05, 0) is 36.6 Å². The van der Waals surface area contributed by atoms with Crippen LogP contribution in [0.4, 0.5) is 0 Å². The van der Waals surface area contributed by atoms with E-state index in [1.54, 1.807) is 0 Å². The Morgan fingerprint density at radius 2 is 2.25 bits per heavy atom. The predicted octanol–water partition coefficient (Wildman–Crippen LogP) is 2.11. The first kappa shape index (κ1) is 7.90. The first-order chi connectivity index (χ1) is 5.90. The minimum absolute atomic E-state index is 0.200. The van der Waals surface area contributed by atoms with E-state index in [4.69, 9.17) is 10.3 Å². The predicted molar refractivity (Wildman–Crippen MR) is 44.6 cm³/mol. The highest BCUT2D eigenvalue weighted by Gasteiger charge is 2.36. The van der Waals surface area contributed by atoms with Crippen LogP contribution in [0.3, 0.4) is 0 Å². The van der Waals surface area contributed by atoms with E-state index in [1.165, 1.54) is 12.8 Å². The van der Waals surface area contributed by atoms with Crippen molar-refractivity contribution in [3.8, 4) is 0 Å². The molecule has 1 aliphatic carbocycles. The summed E-state index contributed by atoms with van der Waals surface area (Å²) in [6, 6.07) is 0. The van der Waals surface area contributed by atoms with Gasteiger partial charge in [0.25, 0.3) is 0 Å². The molecular formula is C8H13N3O. The normalized spacial score (nSPS) is 34.7. The van der Waals surface area contributed by atoms with E-state index in [2.05, 4.69) is 10.0 Å². The van der Waals surface area contributed by atoms with Gasteiger partial charge < -0.3 is 4.74 Å². The molecule has 0 spiro atoms. The molecule has 2 fully saturated rings. The van der Waals surface area contributed by atoms with E-state index in [-0.39, 0.29) is 6.10 Å². The molecule has 4 nitrogen and oxygen atoms in total. The largest absolute Gasteiger partial charge is 0.378 e. The third-order valence-electron chi connectivity index (χ3n) is 2.75. The summed E-state index contributed by atoms with van der Waals surface area (Å²) in [5.74, 6) is 1.67. The van der Waals surface area contributed by atoms with Gasteiger partial charge in [0.05, 0.1) is 19.3 Å². The highest BCUT2D eigenvalue weighted by atomic mass is 16.5. The van der Waals surface area contributed by atoms with Crippen molar-refractivity contribution in [2.75, 3.05) is 13.2 Å². The quantitative estimate of drug-likeness (QED) is 0.361. The van der Waals surface area contributed by atoms with E-state index >= 15 is 0 Å². The molecule has 0 bridgehead atoms. The van der Waals surface area contributed by atoms with E-state index in [9.17, 15) is 0 Å². The molecule has 0 unspecified atom stereocenters. The Balaban J connectivity index is 1.76. The molecule has 0 radical (unpaired) electrons. The van der Waals surface area contributed by atoms with Crippen molar-refractivity contribution < 1.29 is 4.74 Å². The number of rotatable bonds is 3. The molecule has 12 heavy (non-hydrogen) atoms. The molecule has 0 aromatic rings. The maximum atomic E-state index is 8.12. The van der Waals surface area contributed by atoms with Crippen molar-refractivity contribution in [2.45, 2.75) is 25.4 Å². The molecule has 1 heterocycles. The Kier molecular flexibility index (Phi) is 2.19. The zero-order chi connectivity index (χ0) is 8.39. The smallest absolute Gasteiger partial charge is 0.0635 e. The second-order valence-corrected chi connectivity index (χ2v) is 3.70. The molecule has 0 aromatic carbocycles. The first-order valence-corrected chi connectivity index (χ1v) is 4.52. The molecule has 2 rings (SSSR count). The highest BCUT2D eigenvalue weighted by Crippen LogP contribution is 2.42. The van der Waals surface area contributed by atoms with Crippen LogP contribution in [-0.2, 0) is 4.74 Å². The van der Waals surface area contributed by atoms with Gasteiger partial charge in [0, 0.05) is 4.91 Å². The lowest BCUT2D eigenvalue weighted by Gasteiger charge is -2.03. The maximum absolute atomic E-state index is 8.12. The third kappa shape index (κ3) is 1.71. The van der Waals surface area contributed by atoms with E-state index in [0.717, 1.165) is 24.9 Å². The Morgan fingerprint density at radius 1 is 1.42 bits per heavy atom. The van der Waals surface area contributed by atoms with Crippen LogP contribution in [0.15, 0.2) is 5.11 Å². The fourth-order valence-corrected chi connectivity index (χ4v) is 1.88. The monoisotopic (exact) mass is 167 g/mol. The van der Waals surface area contributed by atoms with Crippen molar-refractivity contribution in [3.05, 3.63) is 10.4 Å². The lowest BCUT2D eigenvalue weighted by Crippen LogP contribution is -2.08. The molecule has 0 N–H and O–H groups in total. The highest BCUT2D eigenvalue weighted by molar-refractivity contribution is 4.87. The Hall–Kier alpha value is -0.730. The number of hydrogen-bond donors (Lipinski definition) is 0. The fourth-order valence-electron chi connectivity index (χ4n) is 1.88. The van der Waals surface area contributed by atoms with Gasteiger partial charge in [-0.1, -0.05) is 5.11 Å². The zero-order valence-electron chi connectivity index (χ0n) is 7.02. The van der Waals surface area contributed by atoms with Crippen molar-refractivity contribution in [3.63, 3.8) is 0 Å². The molecule has 2 aliphatic rings. The zero-order valence-corrected chi connectivity index (χ0v) is 7.02. The summed E-state index contributed by atoms with van der Waals surface area (Å²) in [6.45, 7) is 1.40. The number of nitrogens with zero attached hydrogens (tertiary/aromatic N) is 3. The summed E-state index contributed by atoms with van der Waals surface area (Å²) in [7, 11) is 0. The molecule has 4 heteroatoms. The molecule has 0 aromatic heterocycles. The average molecular weight is 167 g/mol. The molecule has 66 valence electrons. The van der Waals surface area contributed by atoms with Crippen LogP contribution in [0.5, 0.6) is 0 Å². The number of azide groups is 1. The molecule has 2 atom stereocenters. The average Bonchev–Trinajstić information content (AvgIpc) is 2.83. The fraction of sp³-hybridized carbons (Fsp3) is 1.00. The van der Waals surface area contributed by atoms with Crippen LogP contribution < -0.4 is 0 Å². The van der Waals surface area contributed by atoms with Gasteiger partial charge in [-0.2, -0.15) is 0 Å². The van der Waals surface area contributed by atoms with E-state index in [0.29, 0.717) is 6.54 Å². The molecule has 1 saturated carbocycles. The first-order valence-electron chi connectivity index (χ1n) is 4.52. The SMILES string of the molecule is [N-]=[N+]=NC[C@H]1C[C@H](C2CC2)CO1. The van der Waals surface area contributed by atoms with Gasteiger partial charge in [-0.15, -0.1) is 0 Å². The van der Waals surface area contributed by atoms with Crippen LogP contribution in [-0.4, -0.2) is 19.3 Å². The van der Waals surface area contributed by atoms with Crippen LogP contribution in [0, 0.1) is 11.8 Å². The molecule has 1 aliphatic heterocycles. The van der Waals surface area contributed by atoms with Gasteiger partial charge in [0.2, 0.25) is 0 Å². The molecular weight excluding hydrogens is 154 g/mol. The summed E-state index contributed by atoms with van der Waals surface area (Å²) in [5, 5.41) is 3.52. The van der Waals surface area contributed by atoms with Crippen LogP contribution in [0.1, 0.15) is 19.3 Å². The summed E-state index contributed by atoms with van der Waals surface area (Å²) < 4.78 is 5.50. The van der Waals surface area contributed by atoms with Gasteiger partial charge in [-0.25, -0.2) is 0 Å². The summed E-state index contributed by atoms with van der Waals surface area (Å²) >= 11 is 0. The van der Waals surface area contributed by atoms with Crippen molar-refractivity contribution in [2.24, 2.45) is 17.0 Å². The Bertz CT molecular complexity index is 208. The number of hydrogen-bond acceptors (Lipinski definition) is 2. The number of ether oxygens (including phenoxy) is 1. The molecule has 1 saturated heterocycles. The van der Waals surface area contributed by atoms with Crippen molar-refractivity contribution in [1.82, 2.24) is 0 Å². The van der Waals surface area contributed by atoms with Crippen LogP contribution in [0.2, 0.25) is 0 Å². The lowest BCUT2D eigenvalue weighted by atomic mass is 10.0. The second kappa shape index (κ2) is 3.33. The van der Waals surface area contributed by atoms with Gasteiger partial charge in [-0.3, -0.25) is 0 Å². The van der Waals surface area contributed by atoms with E-state index < -0.39 is 0 Å². The summed E-state index contributed by atoms with van der Waals surface area (Å²) in [5.41, 5.74) is 8.12. The Labute approximate surface area is 71.5 Å². The van der Waals surface area contributed by atoms with Crippen molar-refractivity contribution >= 4 is 0 Å². The van der Waals surface area contributed by atoms with E-state index in [1.807, 2.05) is 0 Å². The topological polar surface area (TPSA) is 58.0 Å². The van der Waals surface area contributed by atoms with Gasteiger partial charge in [0.1, 0.15) is 0 Å². The van der Waals surface area contributed by atoms with Crippen molar-refractivity contribution in [1.29, 1.82) is 0 Å². The Morgan fingerprint density at radius 3 is 2.92 bits per heavy atom. The van der Waals surface area contributed by atoms with Crippen LogP contribution in [0.25, 0.3) is 10.4 Å².